The van der Waals surface area contributed by atoms with Crippen molar-refractivity contribution in [3.8, 4) is 5.75 Å². The van der Waals surface area contributed by atoms with Crippen molar-refractivity contribution in [2.75, 3.05) is 26.2 Å². The van der Waals surface area contributed by atoms with Gasteiger partial charge in [0.05, 0.1) is 5.57 Å². The highest BCUT2D eigenvalue weighted by molar-refractivity contribution is 5.99. The smallest absolute Gasteiger partial charge is 0.250 e. The van der Waals surface area contributed by atoms with Crippen LogP contribution in [0.4, 0.5) is 0 Å². The van der Waals surface area contributed by atoms with Gasteiger partial charge < -0.3 is 15.0 Å². The van der Waals surface area contributed by atoms with E-state index in [2.05, 4.69) is 5.32 Å². The van der Waals surface area contributed by atoms with Crippen molar-refractivity contribution in [1.82, 2.24) is 10.2 Å². The van der Waals surface area contributed by atoms with E-state index >= 15 is 0 Å². The van der Waals surface area contributed by atoms with Crippen LogP contribution in [0.15, 0.2) is 29.8 Å². The Hall–Kier alpha value is -2.30. The SMILES string of the molecule is O=C(NCCC(=O)N1CCCC1)C1=Cc2ccccc2OC1. The van der Waals surface area contributed by atoms with Gasteiger partial charge in [0, 0.05) is 31.6 Å². The minimum Gasteiger partial charge on any atom is -0.488 e. The quantitative estimate of drug-likeness (QED) is 0.918. The van der Waals surface area contributed by atoms with Gasteiger partial charge in [-0.3, -0.25) is 9.59 Å². The lowest BCUT2D eigenvalue weighted by Gasteiger charge is -2.18. The molecule has 1 fully saturated rings. The highest BCUT2D eigenvalue weighted by atomic mass is 16.5. The van der Waals surface area contributed by atoms with Gasteiger partial charge >= 0.3 is 0 Å². The van der Waals surface area contributed by atoms with Gasteiger partial charge in [0.25, 0.3) is 5.91 Å². The van der Waals surface area contributed by atoms with Crippen molar-refractivity contribution in [3.63, 3.8) is 0 Å². The second kappa shape index (κ2) is 6.64. The summed E-state index contributed by atoms with van der Waals surface area (Å²) in [5.41, 5.74) is 1.50. The number of rotatable bonds is 4. The summed E-state index contributed by atoms with van der Waals surface area (Å²) in [5, 5.41) is 2.80. The zero-order valence-electron chi connectivity index (χ0n) is 12.5. The summed E-state index contributed by atoms with van der Waals surface area (Å²) in [6.07, 6.45) is 4.37. The molecule has 3 rings (SSSR count). The third kappa shape index (κ3) is 3.30. The molecule has 0 atom stereocenters. The molecule has 2 heterocycles. The van der Waals surface area contributed by atoms with E-state index in [1.54, 1.807) is 0 Å². The molecule has 1 aromatic carbocycles. The fourth-order valence-corrected chi connectivity index (χ4v) is 2.77. The maximum Gasteiger partial charge on any atom is 0.250 e. The molecular weight excluding hydrogens is 280 g/mol. The minimum absolute atomic E-state index is 0.122. The Kier molecular flexibility index (Phi) is 4.42. The first-order chi connectivity index (χ1) is 10.7. The van der Waals surface area contributed by atoms with Gasteiger partial charge in [-0.2, -0.15) is 0 Å². The molecule has 2 aliphatic rings. The van der Waals surface area contributed by atoms with Crippen LogP contribution in [-0.2, 0) is 9.59 Å². The molecule has 0 aliphatic carbocycles. The van der Waals surface area contributed by atoms with Crippen molar-refractivity contribution in [2.24, 2.45) is 0 Å². The first-order valence-electron chi connectivity index (χ1n) is 7.72. The molecule has 2 amide bonds. The van der Waals surface area contributed by atoms with Crippen LogP contribution in [0.3, 0.4) is 0 Å². The Balaban J connectivity index is 1.50. The zero-order valence-corrected chi connectivity index (χ0v) is 12.5. The lowest BCUT2D eigenvalue weighted by molar-refractivity contribution is -0.130. The van der Waals surface area contributed by atoms with Crippen molar-refractivity contribution in [3.05, 3.63) is 35.4 Å². The number of nitrogens with one attached hydrogen (secondary N) is 1. The number of nitrogens with zero attached hydrogens (tertiary/aromatic N) is 1. The molecule has 5 nitrogen and oxygen atoms in total. The number of amides is 2. The second-order valence-electron chi connectivity index (χ2n) is 5.59. The first-order valence-corrected chi connectivity index (χ1v) is 7.72. The Labute approximate surface area is 129 Å². The van der Waals surface area contributed by atoms with E-state index in [9.17, 15) is 9.59 Å². The average Bonchev–Trinajstić information content (AvgIpc) is 3.08. The van der Waals surface area contributed by atoms with Gasteiger partial charge in [-0.15, -0.1) is 0 Å². The van der Waals surface area contributed by atoms with Crippen LogP contribution in [0.25, 0.3) is 6.08 Å². The van der Waals surface area contributed by atoms with Crippen molar-refractivity contribution in [1.29, 1.82) is 0 Å². The fourth-order valence-electron chi connectivity index (χ4n) is 2.77. The van der Waals surface area contributed by atoms with E-state index in [1.807, 2.05) is 35.2 Å². The summed E-state index contributed by atoms with van der Waals surface area (Å²) < 4.78 is 5.56. The highest BCUT2D eigenvalue weighted by Crippen LogP contribution is 2.25. The number of carbonyl (C=O) groups is 2. The lowest BCUT2D eigenvalue weighted by Crippen LogP contribution is -2.34. The van der Waals surface area contributed by atoms with Crippen molar-refractivity contribution >= 4 is 17.9 Å². The van der Waals surface area contributed by atoms with Crippen LogP contribution in [0.2, 0.25) is 0 Å². The van der Waals surface area contributed by atoms with Gasteiger partial charge in [0.1, 0.15) is 12.4 Å². The molecule has 1 saturated heterocycles. The van der Waals surface area contributed by atoms with Crippen molar-refractivity contribution in [2.45, 2.75) is 19.3 Å². The molecule has 22 heavy (non-hydrogen) atoms. The molecule has 0 spiro atoms. The number of hydrogen-bond donors (Lipinski definition) is 1. The average molecular weight is 300 g/mol. The molecule has 0 unspecified atom stereocenters. The second-order valence-corrected chi connectivity index (χ2v) is 5.59. The normalized spacial score (nSPS) is 16.5. The predicted molar refractivity (Wildman–Crippen MR) is 83.4 cm³/mol. The van der Waals surface area contributed by atoms with Crippen molar-refractivity contribution < 1.29 is 14.3 Å². The largest absolute Gasteiger partial charge is 0.488 e. The molecule has 0 aromatic heterocycles. The molecule has 1 N–H and O–H groups in total. The summed E-state index contributed by atoms with van der Waals surface area (Å²) in [5.74, 6) is 0.754. The summed E-state index contributed by atoms with van der Waals surface area (Å²) in [6, 6.07) is 7.61. The van der Waals surface area contributed by atoms with Crippen LogP contribution >= 0.6 is 0 Å². The van der Waals surface area contributed by atoms with Crippen LogP contribution in [0.1, 0.15) is 24.8 Å². The molecule has 0 radical (unpaired) electrons. The fraction of sp³-hybridized carbons (Fsp3) is 0.412. The first kappa shape index (κ1) is 14.6. The van der Waals surface area contributed by atoms with Crippen LogP contribution < -0.4 is 10.1 Å². The number of likely N-dealkylation sites (tertiary alicyclic amines) is 1. The number of hydrogen-bond acceptors (Lipinski definition) is 3. The maximum atomic E-state index is 12.1. The minimum atomic E-state index is -0.163. The van der Waals surface area contributed by atoms with E-state index in [4.69, 9.17) is 4.74 Å². The summed E-state index contributed by atoms with van der Waals surface area (Å²) >= 11 is 0. The number of ether oxygens (including phenoxy) is 1. The Morgan fingerprint density at radius 2 is 1.95 bits per heavy atom. The molecule has 0 bridgehead atoms. The van der Waals surface area contributed by atoms with Gasteiger partial charge in [-0.1, -0.05) is 18.2 Å². The standard InChI is InChI=1S/C17H20N2O3/c20-16(19-9-3-4-10-19)7-8-18-17(21)14-11-13-5-1-2-6-15(13)22-12-14/h1-2,5-6,11H,3-4,7-10,12H2,(H,18,21). The number of fused-ring (bicyclic) bond motifs is 1. The molecular formula is C17H20N2O3. The molecule has 1 aromatic rings. The van der Waals surface area contributed by atoms with Crippen LogP contribution in [0.5, 0.6) is 5.75 Å². The molecule has 0 saturated carbocycles. The number of carbonyl (C=O) groups excluding carboxylic acids is 2. The number of benzene rings is 1. The summed E-state index contributed by atoms with van der Waals surface area (Å²) in [4.78, 5) is 25.9. The third-order valence-electron chi connectivity index (χ3n) is 4.01. The Bertz CT molecular complexity index is 604. The summed E-state index contributed by atoms with van der Waals surface area (Å²) in [7, 11) is 0. The molecule has 116 valence electrons. The molecule has 5 heteroatoms. The number of para-hydroxylation sites is 1. The van der Waals surface area contributed by atoms with Crippen LogP contribution in [-0.4, -0.2) is 43.0 Å². The Morgan fingerprint density at radius 3 is 2.77 bits per heavy atom. The van der Waals surface area contributed by atoms with E-state index in [1.165, 1.54) is 0 Å². The Morgan fingerprint density at radius 1 is 1.18 bits per heavy atom. The summed E-state index contributed by atoms with van der Waals surface area (Å²) in [6.45, 7) is 2.33. The van der Waals surface area contributed by atoms with E-state index < -0.39 is 0 Å². The van der Waals surface area contributed by atoms with Gasteiger partial charge in [0.15, 0.2) is 0 Å². The van der Waals surface area contributed by atoms with Gasteiger partial charge in [-0.25, -0.2) is 0 Å². The predicted octanol–water partition coefficient (Wildman–Crippen LogP) is 1.59. The maximum absolute atomic E-state index is 12.1. The van der Waals surface area contributed by atoms with E-state index in [0.29, 0.717) is 18.5 Å². The van der Waals surface area contributed by atoms with E-state index in [0.717, 1.165) is 37.2 Å². The monoisotopic (exact) mass is 300 g/mol. The van der Waals surface area contributed by atoms with Crippen LogP contribution in [0, 0.1) is 0 Å². The third-order valence-corrected chi connectivity index (χ3v) is 4.01. The van der Waals surface area contributed by atoms with Gasteiger partial charge in [-0.05, 0) is 25.0 Å². The van der Waals surface area contributed by atoms with E-state index in [-0.39, 0.29) is 18.4 Å². The van der Waals surface area contributed by atoms with Gasteiger partial charge in [0.2, 0.25) is 5.91 Å². The highest BCUT2D eigenvalue weighted by Gasteiger charge is 2.19. The topological polar surface area (TPSA) is 58.6 Å². The molecule has 2 aliphatic heterocycles. The zero-order chi connectivity index (χ0) is 15.4. The lowest BCUT2D eigenvalue weighted by atomic mass is 10.1.